The Hall–Kier alpha value is -2.73. The van der Waals surface area contributed by atoms with Crippen molar-refractivity contribution < 1.29 is 29.1 Å². The molecule has 0 spiro atoms. The van der Waals surface area contributed by atoms with Gasteiger partial charge in [-0.15, -0.1) is 0 Å². The first-order valence-electron chi connectivity index (χ1n) is 13.0. The van der Waals surface area contributed by atoms with E-state index in [1.807, 2.05) is 13.8 Å². The fourth-order valence-electron chi connectivity index (χ4n) is 4.63. The van der Waals surface area contributed by atoms with Crippen molar-refractivity contribution in [2.24, 2.45) is 11.7 Å². The van der Waals surface area contributed by atoms with Crippen molar-refractivity contribution in [1.82, 2.24) is 26.2 Å². The summed E-state index contributed by atoms with van der Waals surface area (Å²) in [5, 5.41) is 20.5. The summed E-state index contributed by atoms with van der Waals surface area (Å²) < 4.78 is 0. The first kappa shape index (κ1) is 29.5. The predicted molar refractivity (Wildman–Crippen MR) is 133 cm³/mol. The highest BCUT2D eigenvalue weighted by molar-refractivity contribution is 5.94. The van der Waals surface area contributed by atoms with Crippen LogP contribution in [-0.2, 0) is 24.0 Å². The van der Waals surface area contributed by atoms with Gasteiger partial charge >= 0.3 is 5.97 Å². The number of nitrogens with zero attached hydrogens (tertiary/aromatic N) is 1. The van der Waals surface area contributed by atoms with Gasteiger partial charge in [0.25, 0.3) is 0 Å². The Kier molecular flexibility index (Phi) is 12.1. The number of hydrogen-bond acceptors (Lipinski definition) is 7. The molecule has 0 aromatic rings. The molecule has 0 aliphatic carbocycles. The molecule has 0 unspecified atom stereocenters. The maximum Gasteiger partial charge on any atom is 0.326 e. The number of hydrogen-bond donors (Lipinski definition) is 6. The monoisotopic (exact) mass is 510 g/mol. The van der Waals surface area contributed by atoms with Gasteiger partial charge in [0.15, 0.2) is 0 Å². The van der Waals surface area contributed by atoms with Crippen molar-refractivity contribution in [3.63, 3.8) is 0 Å². The molecule has 36 heavy (non-hydrogen) atoms. The number of likely N-dealkylation sites (tertiary alicyclic amines) is 1. The Morgan fingerprint density at radius 2 is 1.75 bits per heavy atom. The van der Waals surface area contributed by atoms with Gasteiger partial charge in [0.05, 0.1) is 12.6 Å². The van der Waals surface area contributed by atoms with Crippen molar-refractivity contribution in [2.75, 3.05) is 26.2 Å². The molecule has 204 valence electrons. The number of amides is 4. The van der Waals surface area contributed by atoms with E-state index < -0.39 is 41.8 Å². The first-order chi connectivity index (χ1) is 17.1. The number of nitrogens with two attached hydrogens (primary N) is 1. The number of carboxylic acid groups (broad SMARTS) is 1. The lowest BCUT2D eigenvalue weighted by Gasteiger charge is -2.26. The van der Waals surface area contributed by atoms with Gasteiger partial charge in [-0.1, -0.05) is 13.8 Å². The second kappa shape index (κ2) is 14.7. The van der Waals surface area contributed by atoms with E-state index in [9.17, 15) is 29.1 Å². The third-order valence-electron chi connectivity index (χ3n) is 6.57. The van der Waals surface area contributed by atoms with Gasteiger partial charge in [-0.3, -0.25) is 19.2 Å². The SMILES string of the molecule is CC(C)C[C@H](NC(=O)[C@@H]1CCCN1)C(=O)NCC(=O)N1CCC[C@H]1C(=O)N[C@H](CCCCN)C(=O)O. The number of nitrogens with one attached hydrogen (secondary N) is 4. The van der Waals surface area contributed by atoms with Gasteiger partial charge in [0.2, 0.25) is 23.6 Å². The van der Waals surface area contributed by atoms with Gasteiger partial charge in [-0.25, -0.2) is 4.79 Å². The summed E-state index contributed by atoms with van der Waals surface area (Å²) in [4.78, 5) is 63.9. The largest absolute Gasteiger partial charge is 0.480 e. The number of carbonyl (C=O) groups excluding carboxylic acids is 4. The summed E-state index contributed by atoms with van der Waals surface area (Å²) in [6.45, 7) is 5.12. The van der Waals surface area contributed by atoms with Crippen LogP contribution in [-0.4, -0.2) is 90.0 Å². The topological polar surface area (TPSA) is 183 Å². The lowest BCUT2D eigenvalue weighted by molar-refractivity contribution is -0.144. The molecule has 2 aliphatic rings. The van der Waals surface area contributed by atoms with Crippen LogP contribution in [0.4, 0.5) is 0 Å². The van der Waals surface area contributed by atoms with Crippen molar-refractivity contribution in [3.8, 4) is 0 Å². The Morgan fingerprint density at radius 1 is 1.03 bits per heavy atom. The first-order valence-corrected chi connectivity index (χ1v) is 13.0. The number of rotatable bonds is 14. The summed E-state index contributed by atoms with van der Waals surface area (Å²) in [5.74, 6) is -2.60. The quantitative estimate of drug-likeness (QED) is 0.162. The second-order valence-electron chi connectivity index (χ2n) is 9.99. The van der Waals surface area contributed by atoms with E-state index in [2.05, 4.69) is 21.3 Å². The van der Waals surface area contributed by atoms with Crippen molar-refractivity contribution in [3.05, 3.63) is 0 Å². The van der Waals surface area contributed by atoms with Crippen molar-refractivity contribution in [2.45, 2.75) is 89.4 Å². The molecular weight excluding hydrogens is 468 g/mol. The van der Waals surface area contributed by atoms with E-state index >= 15 is 0 Å². The van der Waals surface area contributed by atoms with Crippen LogP contribution >= 0.6 is 0 Å². The molecule has 12 heteroatoms. The Morgan fingerprint density at radius 3 is 2.36 bits per heavy atom. The fourth-order valence-corrected chi connectivity index (χ4v) is 4.63. The normalized spacial score (nSPS) is 21.2. The minimum absolute atomic E-state index is 0.145. The fraction of sp³-hybridized carbons (Fsp3) is 0.792. The van der Waals surface area contributed by atoms with Gasteiger partial charge in [0, 0.05) is 6.54 Å². The van der Waals surface area contributed by atoms with E-state index in [0.717, 1.165) is 13.0 Å². The zero-order valence-corrected chi connectivity index (χ0v) is 21.4. The second-order valence-corrected chi connectivity index (χ2v) is 9.99. The molecule has 2 fully saturated rings. The van der Waals surface area contributed by atoms with Crippen LogP contribution in [0.15, 0.2) is 0 Å². The molecule has 4 atom stereocenters. The highest BCUT2D eigenvalue weighted by Crippen LogP contribution is 2.18. The van der Waals surface area contributed by atoms with Crippen LogP contribution in [0.25, 0.3) is 0 Å². The molecule has 4 amide bonds. The van der Waals surface area contributed by atoms with Gasteiger partial charge in [-0.05, 0) is 70.4 Å². The molecule has 0 aromatic heterocycles. The molecule has 0 saturated carbocycles. The van der Waals surface area contributed by atoms with Gasteiger partial charge < -0.3 is 37.0 Å². The van der Waals surface area contributed by atoms with Crippen LogP contribution < -0.4 is 27.0 Å². The number of unbranched alkanes of at least 4 members (excludes halogenated alkanes) is 1. The number of carbonyl (C=O) groups is 5. The molecule has 2 aliphatic heterocycles. The lowest BCUT2D eigenvalue weighted by atomic mass is 10.0. The Bertz CT molecular complexity index is 785. The van der Waals surface area contributed by atoms with Crippen LogP contribution in [0.2, 0.25) is 0 Å². The molecule has 0 bridgehead atoms. The molecule has 0 radical (unpaired) electrons. The van der Waals surface area contributed by atoms with Crippen molar-refractivity contribution >= 4 is 29.6 Å². The summed E-state index contributed by atoms with van der Waals surface area (Å²) in [5.41, 5.74) is 5.45. The zero-order valence-electron chi connectivity index (χ0n) is 21.4. The summed E-state index contributed by atoms with van der Waals surface area (Å²) in [6, 6.07) is -2.92. The summed E-state index contributed by atoms with van der Waals surface area (Å²) >= 11 is 0. The van der Waals surface area contributed by atoms with Crippen LogP contribution in [0.1, 0.15) is 65.2 Å². The molecule has 2 heterocycles. The maximum absolute atomic E-state index is 12.9. The van der Waals surface area contributed by atoms with E-state index in [0.29, 0.717) is 51.6 Å². The van der Waals surface area contributed by atoms with Crippen LogP contribution in [0, 0.1) is 5.92 Å². The molecule has 7 N–H and O–H groups in total. The van der Waals surface area contributed by atoms with Crippen LogP contribution in [0.3, 0.4) is 0 Å². The number of aliphatic carboxylic acids is 1. The third-order valence-corrected chi connectivity index (χ3v) is 6.57. The van der Waals surface area contributed by atoms with Crippen LogP contribution in [0.5, 0.6) is 0 Å². The molecule has 2 saturated heterocycles. The standard InChI is InChI=1S/C24H42N6O6/c1-15(2)13-18(29-22(33)16-8-5-11-26-16)21(32)27-14-20(31)30-12-6-9-19(30)23(34)28-17(24(35)36)7-3-4-10-25/h15-19,26H,3-14,25H2,1-2H3,(H,27,32)(H,28,34)(H,29,33)(H,35,36)/t16-,17+,18-,19-/m0/s1. The molecule has 0 aromatic carbocycles. The zero-order chi connectivity index (χ0) is 26.7. The van der Waals surface area contributed by atoms with Gasteiger partial charge in [-0.2, -0.15) is 0 Å². The summed E-state index contributed by atoms with van der Waals surface area (Å²) in [7, 11) is 0. The Balaban J connectivity index is 1.92. The average molecular weight is 511 g/mol. The van der Waals surface area contributed by atoms with E-state index in [1.54, 1.807) is 0 Å². The predicted octanol–water partition coefficient (Wildman–Crippen LogP) is -0.925. The van der Waals surface area contributed by atoms with Crippen molar-refractivity contribution in [1.29, 1.82) is 0 Å². The minimum Gasteiger partial charge on any atom is -0.480 e. The molecular formula is C24H42N6O6. The lowest BCUT2D eigenvalue weighted by Crippen LogP contribution is -2.55. The molecule has 12 nitrogen and oxygen atoms in total. The van der Waals surface area contributed by atoms with E-state index in [4.69, 9.17) is 5.73 Å². The third kappa shape index (κ3) is 9.05. The van der Waals surface area contributed by atoms with E-state index in [-0.39, 0.29) is 30.8 Å². The highest BCUT2D eigenvalue weighted by Gasteiger charge is 2.36. The van der Waals surface area contributed by atoms with E-state index in [1.165, 1.54) is 4.90 Å². The molecule has 2 rings (SSSR count). The van der Waals surface area contributed by atoms with Gasteiger partial charge in [0.1, 0.15) is 18.1 Å². The Labute approximate surface area is 212 Å². The number of carboxylic acids is 1. The summed E-state index contributed by atoms with van der Waals surface area (Å²) in [6.07, 6.45) is 4.54. The highest BCUT2D eigenvalue weighted by atomic mass is 16.4. The average Bonchev–Trinajstić information content (AvgIpc) is 3.53. The smallest absolute Gasteiger partial charge is 0.326 e. The minimum atomic E-state index is -1.13. The maximum atomic E-state index is 12.9.